The van der Waals surface area contributed by atoms with Crippen LogP contribution in [0.3, 0.4) is 0 Å². The van der Waals surface area contributed by atoms with Crippen molar-refractivity contribution in [3.05, 3.63) is 29.8 Å². The van der Waals surface area contributed by atoms with E-state index in [-0.39, 0.29) is 12.6 Å². The zero-order valence-corrected chi connectivity index (χ0v) is 9.51. The minimum atomic E-state index is -0.928. The number of rotatable bonds is 5. The Labute approximate surface area is 95.0 Å². The third-order valence-electron chi connectivity index (χ3n) is 2.19. The van der Waals surface area contributed by atoms with Gasteiger partial charge in [0.1, 0.15) is 5.75 Å². The van der Waals surface area contributed by atoms with Crippen molar-refractivity contribution in [2.45, 2.75) is 25.9 Å². The van der Waals surface area contributed by atoms with Crippen molar-refractivity contribution >= 4 is 5.97 Å². The second-order valence-corrected chi connectivity index (χ2v) is 3.83. The molecular formula is C12H17NO3. The fourth-order valence-corrected chi connectivity index (χ4v) is 1.49. The van der Waals surface area contributed by atoms with E-state index in [0.29, 0.717) is 11.3 Å². The predicted octanol–water partition coefficient (Wildman–Crippen LogP) is 1.60. The first-order valence-electron chi connectivity index (χ1n) is 5.24. The molecule has 0 aliphatic heterocycles. The van der Waals surface area contributed by atoms with Gasteiger partial charge in [0.25, 0.3) is 0 Å². The third kappa shape index (κ3) is 2.97. The summed E-state index contributed by atoms with van der Waals surface area (Å²) in [7, 11) is 0. The SMILES string of the molecule is CC(C)Oc1ccccc1C(CN)C(=O)O. The van der Waals surface area contributed by atoms with Crippen LogP contribution in [0.4, 0.5) is 0 Å². The summed E-state index contributed by atoms with van der Waals surface area (Å²) in [6, 6.07) is 7.11. The molecular weight excluding hydrogens is 206 g/mol. The Bertz CT molecular complexity index is 363. The van der Waals surface area contributed by atoms with Gasteiger partial charge in [-0.1, -0.05) is 18.2 Å². The Morgan fingerprint density at radius 2 is 2.06 bits per heavy atom. The minimum Gasteiger partial charge on any atom is -0.491 e. The minimum absolute atomic E-state index is 0.00775. The molecule has 1 unspecified atom stereocenters. The zero-order chi connectivity index (χ0) is 12.1. The highest BCUT2D eigenvalue weighted by molar-refractivity contribution is 5.77. The molecule has 0 aliphatic carbocycles. The van der Waals surface area contributed by atoms with Gasteiger partial charge in [0, 0.05) is 12.1 Å². The van der Waals surface area contributed by atoms with Gasteiger partial charge in [0.15, 0.2) is 0 Å². The molecule has 3 N–H and O–H groups in total. The molecule has 0 spiro atoms. The van der Waals surface area contributed by atoms with Gasteiger partial charge in [-0.2, -0.15) is 0 Å². The monoisotopic (exact) mass is 223 g/mol. The maximum atomic E-state index is 11.0. The topological polar surface area (TPSA) is 72.5 Å². The van der Waals surface area contributed by atoms with Crippen molar-refractivity contribution in [1.29, 1.82) is 0 Å². The first-order valence-corrected chi connectivity index (χ1v) is 5.24. The summed E-state index contributed by atoms with van der Waals surface area (Å²) >= 11 is 0. The van der Waals surface area contributed by atoms with Gasteiger partial charge in [-0.3, -0.25) is 4.79 Å². The van der Waals surface area contributed by atoms with Gasteiger partial charge in [-0.05, 0) is 19.9 Å². The van der Waals surface area contributed by atoms with E-state index in [1.807, 2.05) is 19.9 Å². The number of carboxylic acids is 1. The Balaban J connectivity index is 3.05. The molecule has 0 fully saturated rings. The van der Waals surface area contributed by atoms with Crippen LogP contribution in [0.2, 0.25) is 0 Å². The van der Waals surface area contributed by atoms with Gasteiger partial charge >= 0.3 is 5.97 Å². The molecule has 0 saturated heterocycles. The Morgan fingerprint density at radius 1 is 1.44 bits per heavy atom. The third-order valence-corrected chi connectivity index (χ3v) is 2.19. The highest BCUT2D eigenvalue weighted by Gasteiger charge is 2.21. The van der Waals surface area contributed by atoms with Crippen LogP contribution in [-0.4, -0.2) is 23.7 Å². The average molecular weight is 223 g/mol. The van der Waals surface area contributed by atoms with Crippen LogP contribution in [0.25, 0.3) is 0 Å². The van der Waals surface area contributed by atoms with Gasteiger partial charge in [-0.25, -0.2) is 0 Å². The average Bonchev–Trinajstić information content (AvgIpc) is 2.20. The normalized spacial score (nSPS) is 12.5. The summed E-state index contributed by atoms with van der Waals surface area (Å²) in [5.74, 6) is -1.05. The van der Waals surface area contributed by atoms with Crippen LogP contribution in [0.1, 0.15) is 25.3 Å². The van der Waals surface area contributed by atoms with Gasteiger partial charge in [0.05, 0.1) is 12.0 Å². The maximum absolute atomic E-state index is 11.0. The van der Waals surface area contributed by atoms with E-state index < -0.39 is 11.9 Å². The van der Waals surface area contributed by atoms with Gasteiger partial charge in [-0.15, -0.1) is 0 Å². The molecule has 0 amide bonds. The number of aliphatic carboxylic acids is 1. The lowest BCUT2D eigenvalue weighted by Crippen LogP contribution is -2.22. The zero-order valence-electron chi connectivity index (χ0n) is 9.51. The summed E-state index contributed by atoms with van der Waals surface area (Å²) in [5, 5.41) is 9.05. The number of hydrogen-bond acceptors (Lipinski definition) is 3. The fourth-order valence-electron chi connectivity index (χ4n) is 1.49. The van der Waals surface area contributed by atoms with E-state index in [9.17, 15) is 4.79 Å². The molecule has 16 heavy (non-hydrogen) atoms. The molecule has 0 heterocycles. The molecule has 1 rings (SSSR count). The summed E-state index contributed by atoms with van der Waals surface area (Å²) in [4.78, 5) is 11.0. The maximum Gasteiger partial charge on any atom is 0.312 e. The van der Waals surface area contributed by atoms with E-state index in [0.717, 1.165) is 0 Å². The first-order chi connectivity index (χ1) is 7.56. The van der Waals surface area contributed by atoms with Crippen LogP contribution in [0.15, 0.2) is 24.3 Å². The Hall–Kier alpha value is -1.55. The highest BCUT2D eigenvalue weighted by atomic mass is 16.5. The largest absolute Gasteiger partial charge is 0.491 e. The van der Waals surface area contributed by atoms with Crippen molar-refractivity contribution in [2.75, 3.05) is 6.54 Å². The number of carbonyl (C=O) groups is 1. The molecule has 1 atom stereocenters. The Morgan fingerprint density at radius 3 is 2.56 bits per heavy atom. The van der Waals surface area contributed by atoms with Crippen LogP contribution < -0.4 is 10.5 Å². The van der Waals surface area contributed by atoms with Crippen molar-refractivity contribution in [3.63, 3.8) is 0 Å². The number of nitrogens with two attached hydrogens (primary N) is 1. The van der Waals surface area contributed by atoms with E-state index in [4.69, 9.17) is 15.6 Å². The van der Waals surface area contributed by atoms with Crippen molar-refractivity contribution in [2.24, 2.45) is 5.73 Å². The molecule has 0 bridgehead atoms. The molecule has 0 aromatic heterocycles. The lowest BCUT2D eigenvalue weighted by molar-refractivity contribution is -0.138. The van der Waals surface area contributed by atoms with Crippen LogP contribution in [-0.2, 0) is 4.79 Å². The summed E-state index contributed by atoms with van der Waals surface area (Å²) in [6.45, 7) is 3.86. The molecule has 0 aliphatic rings. The molecule has 4 nitrogen and oxygen atoms in total. The second-order valence-electron chi connectivity index (χ2n) is 3.83. The summed E-state index contributed by atoms with van der Waals surface area (Å²) in [6.07, 6.45) is 0.00775. The van der Waals surface area contributed by atoms with Gasteiger partial charge in [0.2, 0.25) is 0 Å². The lowest BCUT2D eigenvalue weighted by Gasteiger charge is -2.17. The fraction of sp³-hybridized carbons (Fsp3) is 0.417. The van der Waals surface area contributed by atoms with Crippen molar-refractivity contribution in [3.8, 4) is 5.75 Å². The molecule has 4 heteroatoms. The number of hydrogen-bond donors (Lipinski definition) is 2. The summed E-state index contributed by atoms with van der Waals surface area (Å²) in [5.41, 5.74) is 6.10. The van der Waals surface area contributed by atoms with E-state index in [2.05, 4.69) is 0 Å². The van der Waals surface area contributed by atoms with Crippen molar-refractivity contribution in [1.82, 2.24) is 0 Å². The van der Waals surface area contributed by atoms with Crippen LogP contribution in [0, 0.1) is 0 Å². The molecule has 1 aromatic rings. The number of para-hydroxylation sites is 1. The summed E-state index contributed by atoms with van der Waals surface area (Å²) < 4.78 is 5.56. The number of benzene rings is 1. The molecule has 88 valence electrons. The van der Waals surface area contributed by atoms with Crippen LogP contribution in [0.5, 0.6) is 5.75 Å². The van der Waals surface area contributed by atoms with E-state index in [1.54, 1.807) is 18.2 Å². The van der Waals surface area contributed by atoms with Gasteiger partial charge < -0.3 is 15.6 Å². The van der Waals surface area contributed by atoms with Crippen LogP contribution >= 0.6 is 0 Å². The predicted molar refractivity (Wildman–Crippen MR) is 61.6 cm³/mol. The second kappa shape index (κ2) is 5.51. The highest BCUT2D eigenvalue weighted by Crippen LogP contribution is 2.27. The van der Waals surface area contributed by atoms with E-state index in [1.165, 1.54) is 0 Å². The number of carboxylic acid groups (broad SMARTS) is 1. The number of ether oxygens (including phenoxy) is 1. The quantitative estimate of drug-likeness (QED) is 0.795. The first kappa shape index (κ1) is 12.5. The molecule has 0 radical (unpaired) electrons. The molecule has 1 aromatic carbocycles. The standard InChI is InChI=1S/C12H17NO3/c1-8(2)16-11-6-4-3-5-9(11)10(7-13)12(14)15/h3-6,8,10H,7,13H2,1-2H3,(H,14,15). The Kier molecular flexibility index (Phi) is 4.31. The van der Waals surface area contributed by atoms with Crippen molar-refractivity contribution < 1.29 is 14.6 Å². The lowest BCUT2D eigenvalue weighted by atomic mass is 9.98. The molecule has 0 saturated carbocycles. The smallest absolute Gasteiger partial charge is 0.312 e. The van der Waals surface area contributed by atoms with E-state index >= 15 is 0 Å².